The smallest absolute Gasteiger partial charge is 0.360 e. The van der Waals surface area contributed by atoms with E-state index in [0.29, 0.717) is 11.1 Å². The first-order chi connectivity index (χ1) is 21.6. The molecule has 45 heavy (non-hydrogen) atoms. The normalized spacial score (nSPS) is 16.6. The zero-order valence-corrected chi connectivity index (χ0v) is 24.5. The molecule has 234 valence electrons. The number of aromatic nitrogens is 1. The first-order valence-corrected chi connectivity index (χ1v) is 14.4. The summed E-state index contributed by atoms with van der Waals surface area (Å²) in [6, 6.07) is 8.82. The number of halogens is 1. The molecule has 0 saturated carbocycles. The minimum Gasteiger partial charge on any atom is -0.461 e. The molecule has 0 bridgehead atoms. The van der Waals surface area contributed by atoms with Gasteiger partial charge in [0.25, 0.3) is 17.7 Å². The molecule has 2 N–H and O–H groups in total. The Morgan fingerprint density at radius 1 is 1.16 bits per heavy atom. The molecule has 1 saturated heterocycles. The van der Waals surface area contributed by atoms with Crippen LogP contribution in [0.2, 0.25) is 0 Å². The molecule has 5 amide bonds. The van der Waals surface area contributed by atoms with Crippen molar-refractivity contribution in [1.82, 2.24) is 25.6 Å². The maximum atomic E-state index is 14.5. The van der Waals surface area contributed by atoms with Crippen molar-refractivity contribution in [1.29, 1.82) is 0 Å². The predicted molar refractivity (Wildman–Crippen MR) is 153 cm³/mol. The minimum absolute atomic E-state index is 0.0585. The Hall–Kier alpha value is -5.40. The van der Waals surface area contributed by atoms with Crippen molar-refractivity contribution in [3.05, 3.63) is 88.1 Å². The van der Waals surface area contributed by atoms with Crippen LogP contribution in [0.25, 0.3) is 0 Å². The number of carbonyl (C=O) groups excluding carboxylic acids is 6. The summed E-state index contributed by atoms with van der Waals surface area (Å²) >= 11 is 0. The number of benzene rings is 2. The maximum absolute atomic E-state index is 14.5. The van der Waals surface area contributed by atoms with Crippen LogP contribution in [0.15, 0.2) is 53.1 Å². The summed E-state index contributed by atoms with van der Waals surface area (Å²) in [7, 11) is 0. The summed E-state index contributed by atoms with van der Waals surface area (Å²) in [4.78, 5) is 80.6. The van der Waals surface area contributed by atoms with Gasteiger partial charge in [-0.1, -0.05) is 23.4 Å². The first-order valence-electron chi connectivity index (χ1n) is 14.4. The van der Waals surface area contributed by atoms with Crippen molar-refractivity contribution in [2.75, 3.05) is 13.2 Å². The van der Waals surface area contributed by atoms with Gasteiger partial charge >= 0.3 is 5.97 Å². The summed E-state index contributed by atoms with van der Waals surface area (Å²) in [6.07, 6.45) is 0.190. The van der Waals surface area contributed by atoms with Crippen molar-refractivity contribution < 1.29 is 42.4 Å². The van der Waals surface area contributed by atoms with Gasteiger partial charge < -0.3 is 24.4 Å². The fourth-order valence-electron chi connectivity index (χ4n) is 5.47. The maximum Gasteiger partial charge on any atom is 0.360 e. The van der Waals surface area contributed by atoms with Crippen LogP contribution in [0.5, 0.6) is 0 Å². The van der Waals surface area contributed by atoms with Gasteiger partial charge in [-0.25, -0.2) is 9.18 Å². The van der Waals surface area contributed by atoms with Gasteiger partial charge in [-0.15, -0.1) is 0 Å². The summed E-state index contributed by atoms with van der Waals surface area (Å²) in [5.41, 5.74) is 0.699. The molecule has 1 aromatic heterocycles. The number of rotatable bonds is 10. The van der Waals surface area contributed by atoms with E-state index in [9.17, 15) is 33.2 Å². The number of nitrogens with one attached hydrogen (secondary N) is 2. The number of ether oxygens (including phenoxy) is 1. The van der Waals surface area contributed by atoms with Crippen LogP contribution in [-0.4, -0.2) is 69.7 Å². The van der Waals surface area contributed by atoms with Crippen molar-refractivity contribution in [2.45, 2.75) is 51.9 Å². The molecule has 13 nitrogen and oxygen atoms in total. The number of hydrogen-bond donors (Lipinski definition) is 2. The molecule has 0 spiro atoms. The minimum atomic E-state index is -1.48. The number of imide groups is 1. The van der Waals surface area contributed by atoms with E-state index in [1.54, 1.807) is 19.9 Å². The lowest BCUT2D eigenvalue weighted by atomic mass is 10.00. The number of esters is 1. The number of fused-ring (bicyclic) bond motifs is 1. The van der Waals surface area contributed by atoms with Gasteiger partial charge in [-0.3, -0.25) is 29.3 Å². The number of likely N-dealkylation sites (N-methyl/N-ethyl adjacent to an activating group) is 1. The van der Waals surface area contributed by atoms with Crippen LogP contribution in [-0.2, 0) is 32.2 Å². The largest absolute Gasteiger partial charge is 0.461 e. The Balaban J connectivity index is 1.57. The molecule has 5 rings (SSSR count). The summed E-state index contributed by atoms with van der Waals surface area (Å²) < 4.78 is 24.6. The topological polar surface area (TPSA) is 168 Å². The molecule has 1 fully saturated rings. The quantitative estimate of drug-likeness (QED) is 0.255. The molecule has 0 radical (unpaired) electrons. The monoisotopic (exact) mass is 619 g/mol. The molecular weight excluding hydrogens is 589 g/mol. The molecule has 2 aliphatic heterocycles. The van der Waals surface area contributed by atoms with Gasteiger partial charge in [0.1, 0.15) is 11.9 Å². The summed E-state index contributed by atoms with van der Waals surface area (Å²) in [6.45, 7) is 3.17. The van der Waals surface area contributed by atoms with E-state index in [1.165, 1.54) is 47.4 Å². The molecule has 2 aromatic carbocycles. The van der Waals surface area contributed by atoms with Gasteiger partial charge in [0, 0.05) is 43.2 Å². The second-order valence-corrected chi connectivity index (χ2v) is 10.4. The highest BCUT2D eigenvalue weighted by Crippen LogP contribution is 2.33. The Kier molecular flexibility index (Phi) is 9.02. The Morgan fingerprint density at radius 2 is 1.93 bits per heavy atom. The SMILES string of the molecule is CCNC(=O)C(c1cc(C(=O)OCC)no1)N(Cc1cccc(F)c1)C(=O)c1cccc2c1CN(C1CCC(=O)NC1=O)C2=O. The number of carbonyl (C=O) groups is 6. The first kappa shape index (κ1) is 31.0. The van der Waals surface area contributed by atoms with Crippen LogP contribution in [0, 0.1) is 5.82 Å². The molecule has 2 atom stereocenters. The van der Waals surface area contributed by atoms with E-state index in [4.69, 9.17) is 9.26 Å². The molecule has 2 aliphatic rings. The molecule has 2 unspecified atom stereocenters. The molecular formula is C31H30FN5O8. The van der Waals surface area contributed by atoms with Gasteiger partial charge in [0.05, 0.1) is 6.61 Å². The summed E-state index contributed by atoms with van der Waals surface area (Å²) in [5, 5.41) is 8.64. The van der Waals surface area contributed by atoms with Crippen molar-refractivity contribution >= 4 is 35.5 Å². The van der Waals surface area contributed by atoms with E-state index >= 15 is 0 Å². The highest BCUT2D eigenvalue weighted by Gasteiger charge is 2.42. The fourth-order valence-corrected chi connectivity index (χ4v) is 5.47. The van der Waals surface area contributed by atoms with Crippen molar-refractivity contribution in [2.24, 2.45) is 0 Å². The lowest BCUT2D eigenvalue weighted by molar-refractivity contribution is -0.137. The third kappa shape index (κ3) is 6.30. The van der Waals surface area contributed by atoms with E-state index < -0.39 is 53.4 Å². The molecule has 0 aliphatic carbocycles. The number of amides is 5. The lowest BCUT2D eigenvalue weighted by Crippen LogP contribution is -2.52. The number of piperidine rings is 1. The van der Waals surface area contributed by atoms with Gasteiger partial charge in [0.15, 0.2) is 17.5 Å². The number of nitrogens with zero attached hydrogens (tertiary/aromatic N) is 3. The second kappa shape index (κ2) is 13.1. The van der Waals surface area contributed by atoms with E-state index in [-0.39, 0.29) is 61.7 Å². The summed E-state index contributed by atoms with van der Waals surface area (Å²) in [5.74, 6) is -4.40. The van der Waals surface area contributed by atoms with Gasteiger partial charge in [0.2, 0.25) is 11.8 Å². The zero-order valence-electron chi connectivity index (χ0n) is 24.5. The van der Waals surface area contributed by atoms with Crippen LogP contribution in [0.4, 0.5) is 4.39 Å². The van der Waals surface area contributed by atoms with Gasteiger partial charge in [-0.05, 0) is 55.7 Å². The van der Waals surface area contributed by atoms with E-state index in [2.05, 4.69) is 15.8 Å². The van der Waals surface area contributed by atoms with Crippen molar-refractivity contribution in [3.63, 3.8) is 0 Å². The van der Waals surface area contributed by atoms with Crippen LogP contribution >= 0.6 is 0 Å². The van der Waals surface area contributed by atoms with Gasteiger partial charge in [-0.2, -0.15) is 0 Å². The molecule has 14 heteroatoms. The molecule has 3 heterocycles. The predicted octanol–water partition coefficient (Wildman–Crippen LogP) is 2.27. The Labute approximate surface area is 256 Å². The lowest BCUT2D eigenvalue weighted by Gasteiger charge is -2.30. The standard InChI is InChI=1S/C31H30FN5O8/c1-3-33-28(40)26(24-14-22(35-45-24)31(43)44-4-2)37(15-17-7-5-8-18(32)13-17)30(42)20-10-6-9-19-21(20)16-36(29(19)41)23-11-12-25(38)34-27(23)39/h5-10,13-14,23,26H,3-4,11-12,15-16H2,1-2H3,(H,33,40)(H,34,38,39). The van der Waals surface area contributed by atoms with Crippen molar-refractivity contribution in [3.8, 4) is 0 Å². The number of hydrogen-bond acceptors (Lipinski definition) is 9. The zero-order chi connectivity index (χ0) is 32.2. The highest BCUT2D eigenvalue weighted by atomic mass is 19.1. The average Bonchev–Trinajstić information content (AvgIpc) is 3.62. The van der Waals surface area contributed by atoms with Crippen LogP contribution in [0.3, 0.4) is 0 Å². The second-order valence-electron chi connectivity index (χ2n) is 10.4. The van der Waals surface area contributed by atoms with E-state index in [1.807, 2.05) is 0 Å². The average molecular weight is 620 g/mol. The Morgan fingerprint density at radius 3 is 2.64 bits per heavy atom. The van der Waals surface area contributed by atoms with Crippen LogP contribution in [0.1, 0.15) is 80.8 Å². The van der Waals surface area contributed by atoms with Crippen LogP contribution < -0.4 is 10.6 Å². The third-order valence-electron chi connectivity index (χ3n) is 7.51. The molecule has 3 aromatic rings. The highest BCUT2D eigenvalue weighted by molar-refractivity contribution is 6.08. The fraction of sp³-hybridized carbons (Fsp3) is 0.323. The third-order valence-corrected chi connectivity index (χ3v) is 7.51. The van der Waals surface area contributed by atoms with E-state index in [0.717, 1.165) is 4.90 Å². The Bertz CT molecular complexity index is 1690.